The second-order valence-corrected chi connectivity index (χ2v) is 3.99. The van der Waals surface area contributed by atoms with Crippen LogP contribution in [0.5, 0.6) is 0 Å². The molecule has 0 unspecified atom stereocenters. The van der Waals surface area contributed by atoms with Gasteiger partial charge in [-0.2, -0.15) is 10.2 Å². The van der Waals surface area contributed by atoms with Crippen molar-refractivity contribution in [3.63, 3.8) is 0 Å². The van der Waals surface area contributed by atoms with Gasteiger partial charge in [-0.1, -0.05) is 43.5 Å². The molecule has 2 aromatic rings. The Labute approximate surface area is 117 Å². The molecule has 0 heterocycles. The molecule has 0 spiro atoms. The van der Waals surface area contributed by atoms with E-state index in [1.165, 1.54) is 0 Å². The molecule has 0 atom stereocenters. The van der Waals surface area contributed by atoms with E-state index in [-0.39, 0.29) is 0 Å². The lowest BCUT2D eigenvalue weighted by Crippen LogP contribution is -1.82. The van der Waals surface area contributed by atoms with Crippen LogP contribution in [-0.4, -0.2) is 0 Å². The highest BCUT2D eigenvalue weighted by Gasteiger charge is 2.08. The van der Waals surface area contributed by atoms with Crippen LogP contribution in [0.2, 0.25) is 0 Å². The van der Waals surface area contributed by atoms with Crippen LogP contribution in [0.25, 0.3) is 12.2 Å². The number of hydrogen-bond acceptors (Lipinski definition) is 4. The van der Waals surface area contributed by atoms with Gasteiger partial charge in [-0.15, -0.1) is 5.11 Å². The molecule has 0 aliphatic carbocycles. The molecule has 1 N–H and O–H groups in total. The molecule has 4 heteroatoms. The monoisotopic (exact) mass is 262 g/mol. The van der Waals surface area contributed by atoms with E-state index < -0.39 is 0 Å². The maximum Gasteiger partial charge on any atom is 0.0936 e. The number of hydrogen-bond donors (Lipinski definition) is 1. The molecular formula is C16H14N4. The third-order valence-corrected chi connectivity index (χ3v) is 2.80. The first-order chi connectivity index (χ1) is 9.80. The van der Waals surface area contributed by atoms with Gasteiger partial charge in [0.05, 0.1) is 17.1 Å². The Kier molecular flexibility index (Phi) is 4.29. The third kappa shape index (κ3) is 2.75. The quantitative estimate of drug-likeness (QED) is 0.637. The van der Waals surface area contributed by atoms with Gasteiger partial charge in [-0.05, 0) is 24.3 Å². The molecule has 4 nitrogen and oxygen atoms in total. The SMILES string of the molecule is C=Cc1c(N=N)ccc(N=Nc2ccccc2)c1C=C. The Bertz CT molecular complexity index is 672. The summed E-state index contributed by atoms with van der Waals surface area (Å²) in [6.45, 7) is 7.52. The van der Waals surface area contributed by atoms with E-state index >= 15 is 0 Å². The number of nitrogens with zero attached hydrogens (tertiary/aromatic N) is 3. The highest BCUT2D eigenvalue weighted by Crippen LogP contribution is 2.33. The minimum absolute atomic E-state index is 0.536. The molecule has 0 saturated heterocycles. The van der Waals surface area contributed by atoms with E-state index in [4.69, 9.17) is 5.53 Å². The molecule has 2 aromatic carbocycles. The molecule has 0 amide bonds. The van der Waals surface area contributed by atoms with Crippen LogP contribution in [0, 0.1) is 5.53 Å². The van der Waals surface area contributed by atoms with Crippen LogP contribution in [0.4, 0.5) is 17.1 Å². The molecule has 20 heavy (non-hydrogen) atoms. The summed E-state index contributed by atoms with van der Waals surface area (Å²) in [4.78, 5) is 0. The smallest absolute Gasteiger partial charge is 0.0936 e. The molecule has 98 valence electrons. The minimum Gasteiger partial charge on any atom is -0.204 e. The fourth-order valence-corrected chi connectivity index (χ4v) is 1.83. The second kappa shape index (κ2) is 6.33. The first-order valence-electron chi connectivity index (χ1n) is 6.06. The van der Waals surface area contributed by atoms with Crippen molar-refractivity contribution in [3.8, 4) is 0 Å². The Hall–Kier alpha value is -2.88. The first-order valence-corrected chi connectivity index (χ1v) is 6.06. The summed E-state index contributed by atoms with van der Waals surface area (Å²) < 4.78 is 0. The average Bonchev–Trinajstić information content (AvgIpc) is 2.52. The van der Waals surface area contributed by atoms with Gasteiger partial charge >= 0.3 is 0 Å². The zero-order valence-corrected chi connectivity index (χ0v) is 11.0. The minimum atomic E-state index is 0.536. The fraction of sp³-hybridized carbons (Fsp3) is 0. The van der Waals surface area contributed by atoms with Gasteiger partial charge in [-0.3, -0.25) is 0 Å². The summed E-state index contributed by atoms with van der Waals surface area (Å²) in [7, 11) is 0. The zero-order valence-electron chi connectivity index (χ0n) is 11.0. The maximum absolute atomic E-state index is 7.16. The Balaban J connectivity index is 2.47. The summed E-state index contributed by atoms with van der Waals surface area (Å²) >= 11 is 0. The molecule has 0 aliphatic heterocycles. The van der Waals surface area contributed by atoms with E-state index in [1.807, 2.05) is 30.3 Å². The highest BCUT2D eigenvalue weighted by molar-refractivity contribution is 5.79. The largest absolute Gasteiger partial charge is 0.204 e. The summed E-state index contributed by atoms with van der Waals surface area (Å²) in [5.41, 5.74) is 10.6. The molecular weight excluding hydrogens is 248 g/mol. The van der Waals surface area contributed by atoms with Crippen molar-refractivity contribution in [1.29, 1.82) is 5.53 Å². The third-order valence-electron chi connectivity index (χ3n) is 2.80. The van der Waals surface area contributed by atoms with Crippen LogP contribution >= 0.6 is 0 Å². The Morgan fingerprint density at radius 2 is 1.40 bits per heavy atom. The van der Waals surface area contributed by atoms with E-state index in [0.717, 1.165) is 16.8 Å². The van der Waals surface area contributed by atoms with Gasteiger partial charge in [-0.25, -0.2) is 5.53 Å². The van der Waals surface area contributed by atoms with Crippen LogP contribution in [0.3, 0.4) is 0 Å². The van der Waals surface area contributed by atoms with Gasteiger partial charge in [0.25, 0.3) is 0 Å². The lowest BCUT2D eigenvalue weighted by Gasteiger charge is -2.06. The predicted molar refractivity (Wildman–Crippen MR) is 82.0 cm³/mol. The number of benzene rings is 2. The molecule has 2 rings (SSSR count). The lowest BCUT2D eigenvalue weighted by atomic mass is 10.0. The number of azo groups is 1. The fourth-order valence-electron chi connectivity index (χ4n) is 1.83. The van der Waals surface area contributed by atoms with Crippen LogP contribution < -0.4 is 0 Å². The van der Waals surface area contributed by atoms with Crippen molar-refractivity contribution in [2.75, 3.05) is 0 Å². The van der Waals surface area contributed by atoms with Crippen LogP contribution in [0.15, 0.2) is 71.0 Å². The molecule has 0 radical (unpaired) electrons. The predicted octanol–water partition coefficient (Wildman–Crippen LogP) is 6.05. The molecule has 0 aromatic heterocycles. The second-order valence-electron chi connectivity index (χ2n) is 3.99. The maximum atomic E-state index is 7.16. The van der Waals surface area contributed by atoms with E-state index in [0.29, 0.717) is 11.4 Å². The Morgan fingerprint density at radius 1 is 0.800 bits per heavy atom. The van der Waals surface area contributed by atoms with Crippen molar-refractivity contribution in [3.05, 3.63) is 66.7 Å². The number of rotatable bonds is 5. The van der Waals surface area contributed by atoms with Gasteiger partial charge in [0.1, 0.15) is 0 Å². The normalized spacial score (nSPS) is 10.4. The van der Waals surface area contributed by atoms with E-state index in [9.17, 15) is 0 Å². The summed E-state index contributed by atoms with van der Waals surface area (Å²) in [6, 6.07) is 13.0. The highest BCUT2D eigenvalue weighted by atomic mass is 15.1. The van der Waals surface area contributed by atoms with E-state index in [2.05, 4.69) is 28.5 Å². The Morgan fingerprint density at radius 3 is 2.00 bits per heavy atom. The van der Waals surface area contributed by atoms with Gasteiger partial charge in [0.15, 0.2) is 0 Å². The lowest BCUT2D eigenvalue weighted by molar-refractivity contribution is 1.14. The van der Waals surface area contributed by atoms with Crippen LogP contribution in [-0.2, 0) is 0 Å². The molecule has 0 bridgehead atoms. The topological polar surface area (TPSA) is 60.9 Å². The zero-order chi connectivity index (χ0) is 14.4. The molecule has 0 fully saturated rings. The standard InChI is InChI=1S/C16H14N4/c1-3-13-14(4-2)16(11-10-15(13)18-17)20-19-12-8-6-5-7-9-12/h3-11,17H,1-2H2. The van der Waals surface area contributed by atoms with Gasteiger partial charge in [0.2, 0.25) is 0 Å². The van der Waals surface area contributed by atoms with Gasteiger partial charge < -0.3 is 0 Å². The van der Waals surface area contributed by atoms with E-state index in [1.54, 1.807) is 24.3 Å². The van der Waals surface area contributed by atoms with Crippen molar-refractivity contribution in [1.82, 2.24) is 0 Å². The average molecular weight is 262 g/mol. The van der Waals surface area contributed by atoms with Crippen LogP contribution in [0.1, 0.15) is 11.1 Å². The number of nitrogens with one attached hydrogen (secondary N) is 1. The van der Waals surface area contributed by atoms with Gasteiger partial charge in [0, 0.05) is 11.1 Å². The molecule has 0 saturated carbocycles. The summed E-state index contributed by atoms with van der Waals surface area (Å²) in [6.07, 6.45) is 3.32. The first kappa shape index (κ1) is 13.5. The van der Waals surface area contributed by atoms with Crippen molar-refractivity contribution < 1.29 is 0 Å². The van der Waals surface area contributed by atoms with Crippen molar-refractivity contribution >= 4 is 29.2 Å². The summed E-state index contributed by atoms with van der Waals surface area (Å²) in [5.74, 6) is 0. The van der Waals surface area contributed by atoms with Crippen molar-refractivity contribution in [2.24, 2.45) is 15.3 Å². The summed E-state index contributed by atoms with van der Waals surface area (Å²) in [5, 5.41) is 11.9. The van der Waals surface area contributed by atoms with Crippen molar-refractivity contribution in [2.45, 2.75) is 0 Å². The molecule has 0 aliphatic rings.